The summed E-state index contributed by atoms with van der Waals surface area (Å²) in [6, 6.07) is 14.6. The molecular formula is C18H21NO2S2. The molecule has 23 heavy (non-hydrogen) atoms. The third-order valence-electron chi connectivity index (χ3n) is 4.05. The van der Waals surface area contributed by atoms with Gasteiger partial charge in [0.15, 0.2) is 4.08 Å². The molecule has 2 aromatic rings. The van der Waals surface area contributed by atoms with Crippen LogP contribution in [0.3, 0.4) is 0 Å². The van der Waals surface area contributed by atoms with Crippen LogP contribution in [0.15, 0.2) is 42.5 Å². The highest BCUT2D eigenvalue weighted by Gasteiger charge is 2.51. The molecule has 1 heterocycles. The highest BCUT2D eigenvalue weighted by Crippen LogP contribution is 2.52. The van der Waals surface area contributed by atoms with Crippen molar-refractivity contribution in [2.75, 3.05) is 25.2 Å². The van der Waals surface area contributed by atoms with Gasteiger partial charge in [-0.1, -0.05) is 36.4 Å². The number of rotatable bonds is 5. The highest BCUT2D eigenvalue weighted by atomic mass is 32.2. The number of ether oxygens (including phenoxy) is 1. The quantitative estimate of drug-likeness (QED) is 0.832. The standard InChI is InChI=1S/C18H21NO2S2/c1-3-21-17(20)18(22-10-11-23-18)16(19-2)15-9-8-13-6-4-5-7-14(13)12-15/h4-9,12,16,19H,3,10-11H2,1-2H3. The van der Waals surface area contributed by atoms with Crippen LogP contribution in [0.5, 0.6) is 0 Å². The summed E-state index contributed by atoms with van der Waals surface area (Å²) < 4.78 is 4.80. The van der Waals surface area contributed by atoms with Crippen molar-refractivity contribution >= 4 is 40.3 Å². The van der Waals surface area contributed by atoms with Crippen LogP contribution in [0, 0.1) is 0 Å². The number of hydrogen-bond donors (Lipinski definition) is 1. The van der Waals surface area contributed by atoms with E-state index in [1.807, 2.05) is 26.1 Å². The van der Waals surface area contributed by atoms with Gasteiger partial charge in [-0.25, -0.2) is 4.79 Å². The van der Waals surface area contributed by atoms with Crippen LogP contribution < -0.4 is 5.32 Å². The van der Waals surface area contributed by atoms with E-state index in [0.717, 1.165) is 17.1 Å². The molecule has 0 saturated carbocycles. The smallest absolute Gasteiger partial charge is 0.334 e. The average molecular weight is 348 g/mol. The van der Waals surface area contributed by atoms with Crippen LogP contribution in [0.25, 0.3) is 10.8 Å². The normalized spacial score (nSPS) is 18.0. The molecule has 5 heteroatoms. The summed E-state index contributed by atoms with van der Waals surface area (Å²) in [6.07, 6.45) is 0. The molecule has 1 atom stereocenters. The molecule has 3 rings (SSSR count). The Morgan fingerprint density at radius 1 is 1.22 bits per heavy atom. The predicted molar refractivity (Wildman–Crippen MR) is 100 cm³/mol. The second kappa shape index (κ2) is 7.16. The van der Waals surface area contributed by atoms with Crippen molar-refractivity contribution in [1.82, 2.24) is 5.32 Å². The number of benzene rings is 2. The van der Waals surface area contributed by atoms with Gasteiger partial charge in [0.2, 0.25) is 0 Å². The summed E-state index contributed by atoms with van der Waals surface area (Å²) in [4.78, 5) is 12.7. The summed E-state index contributed by atoms with van der Waals surface area (Å²) in [5.74, 6) is 1.81. The predicted octanol–water partition coefficient (Wildman–Crippen LogP) is 3.84. The minimum atomic E-state index is -0.604. The van der Waals surface area contributed by atoms with Crippen LogP contribution in [-0.2, 0) is 9.53 Å². The Morgan fingerprint density at radius 2 is 1.91 bits per heavy atom. The third kappa shape index (κ3) is 3.10. The van der Waals surface area contributed by atoms with E-state index < -0.39 is 4.08 Å². The first kappa shape index (κ1) is 16.7. The Hall–Kier alpha value is -1.17. The molecule has 0 radical (unpaired) electrons. The molecule has 1 aliphatic heterocycles. The minimum absolute atomic E-state index is 0.0799. The molecule has 0 aliphatic carbocycles. The largest absolute Gasteiger partial charge is 0.464 e. The van der Waals surface area contributed by atoms with E-state index in [4.69, 9.17) is 4.74 Å². The molecular weight excluding hydrogens is 326 g/mol. The summed E-state index contributed by atoms with van der Waals surface area (Å²) in [6.45, 7) is 2.27. The van der Waals surface area contributed by atoms with Crippen molar-refractivity contribution in [3.8, 4) is 0 Å². The Labute approximate surface area is 145 Å². The molecule has 1 saturated heterocycles. The van der Waals surface area contributed by atoms with Gasteiger partial charge in [-0.15, -0.1) is 23.5 Å². The van der Waals surface area contributed by atoms with Crippen molar-refractivity contribution in [3.05, 3.63) is 48.0 Å². The summed E-state index contributed by atoms with van der Waals surface area (Å²) in [5.41, 5.74) is 1.13. The second-order valence-corrected chi connectivity index (χ2v) is 8.35. The molecule has 2 aromatic carbocycles. The van der Waals surface area contributed by atoms with Crippen molar-refractivity contribution in [3.63, 3.8) is 0 Å². The first-order valence-electron chi connectivity index (χ1n) is 7.82. The molecule has 0 bridgehead atoms. The highest BCUT2D eigenvalue weighted by molar-refractivity contribution is 8.22. The van der Waals surface area contributed by atoms with Gasteiger partial charge in [0.05, 0.1) is 12.6 Å². The molecule has 122 valence electrons. The summed E-state index contributed by atoms with van der Waals surface area (Å²) >= 11 is 3.39. The molecule has 0 aromatic heterocycles. The van der Waals surface area contributed by atoms with Gasteiger partial charge >= 0.3 is 5.97 Å². The minimum Gasteiger partial charge on any atom is -0.464 e. The Bertz CT molecular complexity index is 698. The van der Waals surface area contributed by atoms with Crippen molar-refractivity contribution < 1.29 is 9.53 Å². The second-order valence-electron chi connectivity index (χ2n) is 5.41. The zero-order valence-electron chi connectivity index (χ0n) is 13.4. The molecule has 1 aliphatic rings. The zero-order valence-corrected chi connectivity index (χ0v) is 15.0. The van der Waals surface area contributed by atoms with Crippen LogP contribution in [0.1, 0.15) is 18.5 Å². The average Bonchev–Trinajstić information content (AvgIpc) is 3.06. The van der Waals surface area contributed by atoms with Crippen LogP contribution in [0.4, 0.5) is 0 Å². The van der Waals surface area contributed by atoms with Gasteiger partial charge in [-0.2, -0.15) is 0 Å². The fourth-order valence-corrected chi connectivity index (χ4v) is 6.33. The number of esters is 1. The van der Waals surface area contributed by atoms with Crippen molar-refractivity contribution in [2.45, 2.75) is 17.0 Å². The molecule has 1 fully saturated rings. The van der Waals surface area contributed by atoms with Gasteiger partial charge in [-0.3, -0.25) is 0 Å². The lowest BCUT2D eigenvalue weighted by Gasteiger charge is -2.33. The summed E-state index contributed by atoms with van der Waals surface area (Å²) in [5, 5.41) is 5.77. The van der Waals surface area contributed by atoms with E-state index >= 15 is 0 Å². The molecule has 1 unspecified atom stereocenters. The summed E-state index contributed by atoms with van der Waals surface area (Å²) in [7, 11) is 1.92. The maximum absolute atomic E-state index is 12.7. The van der Waals surface area contributed by atoms with E-state index in [2.05, 4.69) is 35.6 Å². The number of carbonyl (C=O) groups excluding carboxylic acids is 1. The number of carbonyl (C=O) groups is 1. The van der Waals surface area contributed by atoms with Crippen molar-refractivity contribution in [2.24, 2.45) is 0 Å². The van der Waals surface area contributed by atoms with E-state index in [1.165, 1.54) is 10.8 Å². The molecule has 0 amide bonds. The zero-order chi connectivity index (χ0) is 16.3. The van der Waals surface area contributed by atoms with Gasteiger partial charge in [0, 0.05) is 11.5 Å². The fraction of sp³-hybridized carbons (Fsp3) is 0.389. The van der Waals surface area contributed by atoms with E-state index in [9.17, 15) is 4.79 Å². The monoisotopic (exact) mass is 347 g/mol. The first-order valence-corrected chi connectivity index (χ1v) is 9.79. The Morgan fingerprint density at radius 3 is 2.57 bits per heavy atom. The van der Waals surface area contributed by atoms with Gasteiger partial charge in [-0.05, 0) is 36.4 Å². The number of nitrogens with one attached hydrogen (secondary N) is 1. The maximum Gasteiger partial charge on any atom is 0.334 e. The van der Waals surface area contributed by atoms with Crippen molar-refractivity contribution in [1.29, 1.82) is 0 Å². The number of fused-ring (bicyclic) bond motifs is 1. The van der Waals surface area contributed by atoms with E-state index in [1.54, 1.807) is 23.5 Å². The van der Waals surface area contributed by atoms with Gasteiger partial charge in [0.25, 0.3) is 0 Å². The molecule has 1 N–H and O–H groups in total. The van der Waals surface area contributed by atoms with Crippen LogP contribution in [-0.4, -0.2) is 35.2 Å². The number of hydrogen-bond acceptors (Lipinski definition) is 5. The van der Waals surface area contributed by atoms with Gasteiger partial charge < -0.3 is 10.1 Å². The topological polar surface area (TPSA) is 38.3 Å². The first-order chi connectivity index (χ1) is 11.2. The Balaban J connectivity index is 2.02. The SMILES string of the molecule is CCOC(=O)C1(C(NC)c2ccc3ccccc3c2)SCCS1. The Kier molecular flexibility index (Phi) is 5.19. The fourth-order valence-electron chi connectivity index (χ4n) is 3.03. The lowest BCUT2D eigenvalue weighted by Crippen LogP contribution is -2.43. The molecule has 3 nitrogen and oxygen atoms in total. The maximum atomic E-state index is 12.7. The van der Waals surface area contributed by atoms with Gasteiger partial charge in [0.1, 0.15) is 0 Å². The third-order valence-corrected chi connectivity index (χ3v) is 7.50. The van der Waals surface area contributed by atoms with Crippen LogP contribution >= 0.6 is 23.5 Å². The molecule has 0 spiro atoms. The van der Waals surface area contributed by atoms with Crippen LogP contribution in [0.2, 0.25) is 0 Å². The van der Waals surface area contributed by atoms with E-state index in [0.29, 0.717) is 6.61 Å². The lowest BCUT2D eigenvalue weighted by molar-refractivity contribution is -0.144. The number of thioether (sulfide) groups is 2. The van der Waals surface area contributed by atoms with E-state index in [-0.39, 0.29) is 12.0 Å². The lowest BCUT2D eigenvalue weighted by atomic mass is 9.99.